The van der Waals surface area contributed by atoms with Gasteiger partial charge in [-0.05, 0) is 11.6 Å². The largest absolute Gasteiger partial charge is 0.423 e. The molecule has 1 unspecified atom stereocenters. The van der Waals surface area contributed by atoms with E-state index in [4.69, 9.17) is 10.5 Å². The number of fused-ring (bicyclic) bond motifs is 2. The number of rotatable bonds is 1. The molecular weight excluding hydrogens is 346 g/mol. The van der Waals surface area contributed by atoms with Crippen molar-refractivity contribution in [3.63, 3.8) is 0 Å². The second-order valence-electron chi connectivity index (χ2n) is 6.56. The van der Waals surface area contributed by atoms with Crippen LogP contribution in [0.1, 0.15) is 17.0 Å². The monoisotopic (exact) mass is 363 g/mol. The minimum atomic E-state index is -0.727. The summed E-state index contributed by atoms with van der Waals surface area (Å²) in [6.45, 7) is 0. The molecule has 3 aromatic rings. The Balaban J connectivity index is 2.16. The Morgan fingerprint density at radius 3 is 2.56 bits per heavy atom. The lowest BCUT2D eigenvalue weighted by Crippen LogP contribution is -2.42. The number of hydrogen-bond acceptors (Lipinski definition) is 5. The third kappa shape index (κ3) is 2.15. The van der Waals surface area contributed by atoms with Crippen molar-refractivity contribution < 1.29 is 4.74 Å². The molecule has 136 valence electrons. The van der Waals surface area contributed by atoms with Crippen molar-refractivity contribution in [3.8, 4) is 11.9 Å². The van der Waals surface area contributed by atoms with Gasteiger partial charge in [0.25, 0.3) is 5.56 Å². The number of ether oxygens (including phenoxy) is 1. The topological polar surface area (TPSA) is 108 Å². The van der Waals surface area contributed by atoms with Crippen LogP contribution < -0.4 is 21.7 Å². The fraction of sp³-hybridized carbons (Fsp3) is 0.211. The van der Waals surface area contributed by atoms with Crippen molar-refractivity contribution in [2.75, 3.05) is 0 Å². The number of benzene rings is 1. The summed E-state index contributed by atoms with van der Waals surface area (Å²) in [5.74, 6) is -0.765. The van der Waals surface area contributed by atoms with Gasteiger partial charge in [-0.1, -0.05) is 18.2 Å². The standard InChI is InChI=1S/C19H17N5O3/c1-22-9-12(10-6-4-5-7-13(10)22)14-11(8-20)16(21)27-18-15(14)17(25)23(2)19(26)24(18)3/h4-7,9,14H,21H2,1-3H3. The summed E-state index contributed by atoms with van der Waals surface area (Å²) in [5.41, 5.74) is 7.05. The first-order valence-corrected chi connectivity index (χ1v) is 8.28. The molecule has 0 amide bonds. The normalized spacial score (nSPS) is 16.1. The van der Waals surface area contributed by atoms with Gasteiger partial charge in [0.2, 0.25) is 11.8 Å². The van der Waals surface area contributed by atoms with E-state index in [-0.39, 0.29) is 22.9 Å². The van der Waals surface area contributed by atoms with E-state index in [0.717, 1.165) is 21.0 Å². The van der Waals surface area contributed by atoms with Gasteiger partial charge < -0.3 is 15.0 Å². The van der Waals surface area contributed by atoms with E-state index in [0.29, 0.717) is 0 Å². The minimum Gasteiger partial charge on any atom is -0.423 e. The number of aromatic nitrogens is 3. The van der Waals surface area contributed by atoms with Gasteiger partial charge in [-0.15, -0.1) is 0 Å². The Bertz CT molecular complexity index is 1300. The molecule has 0 saturated carbocycles. The molecule has 3 heterocycles. The zero-order chi connectivity index (χ0) is 19.5. The number of para-hydroxylation sites is 1. The molecule has 2 aromatic heterocycles. The summed E-state index contributed by atoms with van der Waals surface area (Å²) in [6.07, 6.45) is 1.87. The summed E-state index contributed by atoms with van der Waals surface area (Å²) < 4.78 is 9.70. The predicted molar refractivity (Wildman–Crippen MR) is 99.1 cm³/mol. The van der Waals surface area contributed by atoms with Crippen LogP contribution in [0.2, 0.25) is 0 Å². The molecule has 4 rings (SSSR count). The van der Waals surface area contributed by atoms with Crippen LogP contribution >= 0.6 is 0 Å². The van der Waals surface area contributed by atoms with Gasteiger partial charge >= 0.3 is 5.69 Å². The summed E-state index contributed by atoms with van der Waals surface area (Å²) in [5, 5.41) is 10.6. The highest BCUT2D eigenvalue weighted by molar-refractivity contribution is 5.86. The first-order chi connectivity index (χ1) is 12.9. The van der Waals surface area contributed by atoms with E-state index in [9.17, 15) is 14.9 Å². The van der Waals surface area contributed by atoms with Gasteiger partial charge in [0, 0.05) is 38.2 Å². The molecule has 27 heavy (non-hydrogen) atoms. The van der Waals surface area contributed by atoms with Crippen LogP contribution in [0.15, 0.2) is 51.5 Å². The van der Waals surface area contributed by atoms with Crippen LogP contribution in [0.5, 0.6) is 5.88 Å². The van der Waals surface area contributed by atoms with E-state index >= 15 is 0 Å². The number of nitrogens with zero attached hydrogens (tertiary/aromatic N) is 4. The highest BCUT2D eigenvalue weighted by atomic mass is 16.5. The molecule has 8 nitrogen and oxygen atoms in total. The van der Waals surface area contributed by atoms with Crippen molar-refractivity contribution in [2.45, 2.75) is 5.92 Å². The van der Waals surface area contributed by atoms with Gasteiger partial charge in [0.05, 0.1) is 11.5 Å². The Hall–Kier alpha value is -3.73. The number of allylic oxidation sites excluding steroid dienone is 1. The van der Waals surface area contributed by atoms with Crippen LogP contribution in [0.3, 0.4) is 0 Å². The summed E-state index contributed by atoms with van der Waals surface area (Å²) in [7, 11) is 4.80. The van der Waals surface area contributed by atoms with Crippen molar-refractivity contribution in [1.82, 2.24) is 13.7 Å². The molecule has 1 aromatic carbocycles. The van der Waals surface area contributed by atoms with Gasteiger partial charge in [-0.3, -0.25) is 13.9 Å². The highest BCUT2D eigenvalue weighted by Gasteiger charge is 2.37. The van der Waals surface area contributed by atoms with Crippen molar-refractivity contribution >= 4 is 10.9 Å². The molecule has 2 N–H and O–H groups in total. The minimum absolute atomic E-state index is 0.0672. The van der Waals surface area contributed by atoms with Gasteiger partial charge in [0.1, 0.15) is 11.6 Å². The number of hydrogen-bond donors (Lipinski definition) is 1. The van der Waals surface area contributed by atoms with E-state index in [1.54, 1.807) is 0 Å². The third-order valence-electron chi connectivity index (χ3n) is 5.05. The molecule has 0 spiro atoms. The Morgan fingerprint density at radius 1 is 1.15 bits per heavy atom. The summed E-state index contributed by atoms with van der Waals surface area (Å²) in [6, 6.07) is 9.78. The maximum Gasteiger partial charge on any atom is 0.333 e. The van der Waals surface area contributed by atoms with E-state index in [1.165, 1.54) is 18.7 Å². The molecular formula is C19H17N5O3. The maximum atomic E-state index is 13.0. The van der Waals surface area contributed by atoms with E-state index < -0.39 is 17.2 Å². The molecule has 0 fully saturated rings. The van der Waals surface area contributed by atoms with Gasteiger partial charge in [-0.25, -0.2) is 4.79 Å². The number of aryl methyl sites for hydroxylation is 1. The summed E-state index contributed by atoms with van der Waals surface area (Å²) in [4.78, 5) is 25.3. The van der Waals surface area contributed by atoms with Crippen LogP contribution in [0, 0.1) is 11.3 Å². The fourth-order valence-electron chi connectivity index (χ4n) is 3.70. The molecule has 0 aliphatic carbocycles. The molecule has 0 radical (unpaired) electrons. The Kier molecular flexibility index (Phi) is 3.49. The number of nitriles is 1. The van der Waals surface area contributed by atoms with E-state index in [1.807, 2.05) is 42.1 Å². The average Bonchev–Trinajstić information content (AvgIpc) is 3.00. The van der Waals surface area contributed by atoms with Crippen molar-refractivity contribution in [2.24, 2.45) is 26.9 Å². The van der Waals surface area contributed by atoms with Crippen molar-refractivity contribution in [1.29, 1.82) is 5.26 Å². The molecule has 0 bridgehead atoms. The molecule has 8 heteroatoms. The second kappa shape index (κ2) is 5.64. The van der Waals surface area contributed by atoms with Gasteiger partial charge in [-0.2, -0.15) is 5.26 Å². The molecule has 1 atom stereocenters. The molecule has 1 aliphatic rings. The first kappa shape index (κ1) is 16.7. The fourth-order valence-corrected chi connectivity index (χ4v) is 3.70. The van der Waals surface area contributed by atoms with Crippen LogP contribution in [-0.2, 0) is 21.1 Å². The lowest BCUT2D eigenvalue weighted by atomic mass is 9.85. The van der Waals surface area contributed by atoms with Crippen LogP contribution in [-0.4, -0.2) is 13.7 Å². The SMILES string of the molecule is Cn1c2c(c(=O)n(C)c1=O)C(c1cn(C)c3ccccc13)C(C#N)=C(N)O2. The van der Waals surface area contributed by atoms with Crippen LogP contribution in [0.4, 0.5) is 0 Å². The first-order valence-electron chi connectivity index (χ1n) is 8.28. The highest BCUT2D eigenvalue weighted by Crippen LogP contribution is 2.42. The molecule has 1 aliphatic heterocycles. The smallest absolute Gasteiger partial charge is 0.333 e. The van der Waals surface area contributed by atoms with Crippen molar-refractivity contribution in [3.05, 3.63) is 73.9 Å². The Labute approximate surface area is 153 Å². The average molecular weight is 363 g/mol. The Morgan fingerprint density at radius 2 is 1.85 bits per heavy atom. The summed E-state index contributed by atoms with van der Waals surface area (Å²) >= 11 is 0. The van der Waals surface area contributed by atoms with E-state index in [2.05, 4.69) is 6.07 Å². The quantitative estimate of drug-likeness (QED) is 0.688. The number of nitrogens with two attached hydrogens (primary N) is 1. The zero-order valence-electron chi connectivity index (χ0n) is 15.1. The predicted octanol–water partition coefficient (Wildman–Crippen LogP) is 0.794. The molecule has 0 saturated heterocycles. The van der Waals surface area contributed by atoms with Gasteiger partial charge in [0.15, 0.2) is 0 Å². The lowest BCUT2D eigenvalue weighted by molar-refractivity contribution is 0.348. The zero-order valence-corrected chi connectivity index (χ0v) is 15.1. The lowest BCUT2D eigenvalue weighted by Gasteiger charge is -2.26. The maximum absolute atomic E-state index is 13.0. The second-order valence-corrected chi connectivity index (χ2v) is 6.56. The third-order valence-corrected chi connectivity index (χ3v) is 5.05. The van der Waals surface area contributed by atoms with Crippen LogP contribution in [0.25, 0.3) is 10.9 Å².